The van der Waals surface area contributed by atoms with Crippen molar-refractivity contribution in [3.8, 4) is 0 Å². The van der Waals surface area contributed by atoms with Crippen LogP contribution >= 0.6 is 11.8 Å². The number of thioether (sulfide) groups is 1. The maximum Gasteiger partial charge on any atom is 0.252 e. The van der Waals surface area contributed by atoms with E-state index in [1.165, 1.54) is 0 Å². The highest BCUT2D eigenvalue weighted by atomic mass is 32.2. The molecule has 1 heterocycles. The Morgan fingerprint density at radius 2 is 2.45 bits per heavy atom. The van der Waals surface area contributed by atoms with Crippen molar-refractivity contribution in [3.05, 3.63) is 10.1 Å². The van der Waals surface area contributed by atoms with E-state index in [1.54, 1.807) is 11.8 Å². The van der Waals surface area contributed by atoms with Crippen LogP contribution in [-0.4, -0.2) is 33.9 Å². The minimum Gasteiger partial charge on any atom is -0.372 e. The normalized spacial score (nSPS) is 32.8. The van der Waals surface area contributed by atoms with Crippen molar-refractivity contribution in [1.82, 2.24) is 5.32 Å². The Morgan fingerprint density at radius 3 is 3.09 bits per heavy atom. The molecule has 1 saturated heterocycles. The van der Waals surface area contributed by atoms with Crippen molar-refractivity contribution >= 4 is 11.8 Å². The monoisotopic (exact) mass is 178 g/mol. The van der Waals surface area contributed by atoms with Gasteiger partial charge in [-0.05, 0) is 0 Å². The second-order valence-corrected chi connectivity index (χ2v) is 3.45. The van der Waals surface area contributed by atoms with Crippen LogP contribution in [-0.2, 0) is 0 Å². The van der Waals surface area contributed by atoms with Gasteiger partial charge in [0.25, 0.3) is 6.04 Å². The summed E-state index contributed by atoms with van der Waals surface area (Å²) in [4.78, 5) is 9.89. The molecule has 2 atom stereocenters. The smallest absolute Gasteiger partial charge is 0.252 e. The van der Waals surface area contributed by atoms with Crippen molar-refractivity contribution in [2.45, 2.75) is 18.7 Å². The molecular weight excluding hydrogens is 168 g/mol. The molecule has 1 aliphatic rings. The first-order chi connectivity index (χ1) is 5.22. The van der Waals surface area contributed by atoms with Crippen molar-refractivity contribution in [1.29, 1.82) is 0 Å². The number of aliphatic hydroxyl groups is 1. The van der Waals surface area contributed by atoms with Crippen LogP contribution in [0.2, 0.25) is 0 Å². The fourth-order valence-electron chi connectivity index (χ4n) is 0.935. The van der Waals surface area contributed by atoms with Crippen LogP contribution in [0.5, 0.6) is 0 Å². The Morgan fingerprint density at radius 1 is 1.73 bits per heavy atom. The third-order valence-electron chi connectivity index (χ3n) is 1.59. The van der Waals surface area contributed by atoms with Gasteiger partial charge in [0, 0.05) is 23.0 Å². The summed E-state index contributed by atoms with van der Waals surface area (Å²) in [5, 5.41) is 22.1. The third kappa shape index (κ3) is 2.32. The SMILES string of the molecule is O=[N+]([O-])C1CCSCNC1O. The van der Waals surface area contributed by atoms with Crippen molar-refractivity contribution in [2.75, 3.05) is 11.6 Å². The van der Waals surface area contributed by atoms with Gasteiger partial charge >= 0.3 is 0 Å². The Balaban J connectivity index is 2.52. The molecule has 0 aromatic carbocycles. The van der Waals surface area contributed by atoms with E-state index < -0.39 is 17.2 Å². The molecule has 0 aromatic heterocycles. The zero-order valence-corrected chi connectivity index (χ0v) is 6.71. The number of hydrogen-bond donors (Lipinski definition) is 2. The Kier molecular flexibility index (Phi) is 3.10. The average molecular weight is 178 g/mol. The lowest BCUT2D eigenvalue weighted by atomic mass is 10.2. The van der Waals surface area contributed by atoms with E-state index in [-0.39, 0.29) is 0 Å². The van der Waals surface area contributed by atoms with Crippen LogP contribution in [0.3, 0.4) is 0 Å². The molecule has 1 aliphatic heterocycles. The quantitative estimate of drug-likeness (QED) is 0.423. The predicted octanol–water partition coefficient (Wildman–Crippen LogP) is -0.366. The van der Waals surface area contributed by atoms with Gasteiger partial charge in [-0.2, -0.15) is 0 Å². The van der Waals surface area contributed by atoms with Gasteiger partial charge in [0.05, 0.1) is 0 Å². The topological polar surface area (TPSA) is 75.4 Å². The van der Waals surface area contributed by atoms with Gasteiger partial charge in [-0.15, -0.1) is 11.8 Å². The summed E-state index contributed by atoms with van der Waals surface area (Å²) in [7, 11) is 0. The summed E-state index contributed by atoms with van der Waals surface area (Å²) in [5.74, 6) is 1.32. The summed E-state index contributed by atoms with van der Waals surface area (Å²) in [6, 6.07) is -0.843. The van der Waals surface area contributed by atoms with Gasteiger partial charge in [-0.1, -0.05) is 0 Å². The average Bonchev–Trinajstić information content (AvgIpc) is 2.13. The second kappa shape index (κ2) is 3.89. The molecule has 2 N–H and O–H groups in total. The molecule has 6 heteroatoms. The summed E-state index contributed by atoms with van der Waals surface area (Å²) >= 11 is 1.57. The van der Waals surface area contributed by atoms with Gasteiger partial charge in [0.2, 0.25) is 0 Å². The van der Waals surface area contributed by atoms with Gasteiger partial charge < -0.3 is 5.11 Å². The van der Waals surface area contributed by atoms with Crippen LogP contribution in [0.15, 0.2) is 0 Å². The number of nitrogens with one attached hydrogen (secondary N) is 1. The first-order valence-corrected chi connectivity index (χ1v) is 4.50. The standard InChI is InChI=1S/C5H10N2O3S/c8-5-4(7(9)10)1-2-11-3-6-5/h4-6,8H,1-3H2. The van der Waals surface area contributed by atoms with E-state index in [4.69, 9.17) is 5.11 Å². The Bertz CT molecular complexity index is 155. The largest absolute Gasteiger partial charge is 0.372 e. The molecule has 0 aliphatic carbocycles. The number of rotatable bonds is 1. The van der Waals surface area contributed by atoms with E-state index in [0.717, 1.165) is 5.75 Å². The van der Waals surface area contributed by atoms with Crippen LogP contribution in [0.25, 0.3) is 0 Å². The van der Waals surface area contributed by atoms with Crippen molar-refractivity contribution < 1.29 is 10.0 Å². The fraction of sp³-hybridized carbons (Fsp3) is 1.00. The van der Waals surface area contributed by atoms with Crippen LogP contribution in [0.1, 0.15) is 6.42 Å². The number of aliphatic hydroxyl groups excluding tert-OH is 1. The molecule has 5 nitrogen and oxygen atoms in total. The van der Waals surface area contributed by atoms with Crippen LogP contribution in [0, 0.1) is 10.1 Å². The zero-order valence-electron chi connectivity index (χ0n) is 5.90. The number of nitrogens with zero attached hydrogens (tertiary/aromatic N) is 1. The van der Waals surface area contributed by atoms with E-state index in [9.17, 15) is 10.1 Å². The molecule has 64 valence electrons. The molecule has 0 aromatic rings. The first kappa shape index (κ1) is 8.76. The first-order valence-electron chi connectivity index (χ1n) is 3.34. The van der Waals surface area contributed by atoms with Gasteiger partial charge in [0.1, 0.15) is 0 Å². The summed E-state index contributed by atoms with van der Waals surface area (Å²) < 4.78 is 0. The summed E-state index contributed by atoms with van der Waals surface area (Å²) in [5.41, 5.74) is 0. The molecule has 11 heavy (non-hydrogen) atoms. The minimum atomic E-state index is -0.986. The molecule has 1 fully saturated rings. The van der Waals surface area contributed by atoms with Crippen molar-refractivity contribution in [3.63, 3.8) is 0 Å². The highest BCUT2D eigenvalue weighted by Crippen LogP contribution is 2.12. The number of nitro groups is 1. The summed E-state index contributed by atoms with van der Waals surface area (Å²) in [6.45, 7) is 0. The van der Waals surface area contributed by atoms with Crippen LogP contribution < -0.4 is 5.32 Å². The summed E-state index contributed by atoms with van der Waals surface area (Å²) in [6.07, 6.45) is -0.550. The maximum atomic E-state index is 10.3. The Labute approximate surface area is 68.3 Å². The van der Waals surface area contributed by atoms with E-state index in [0.29, 0.717) is 12.3 Å². The molecular formula is C5H10N2O3S. The lowest BCUT2D eigenvalue weighted by Gasteiger charge is -2.11. The van der Waals surface area contributed by atoms with E-state index >= 15 is 0 Å². The molecule has 2 unspecified atom stereocenters. The van der Waals surface area contributed by atoms with Gasteiger partial charge in [-0.25, -0.2) is 0 Å². The third-order valence-corrected chi connectivity index (χ3v) is 2.48. The van der Waals surface area contributed by atoms with Crippen molar-refractivity contribution in [2.24, 2.45) is 0 Å². The predicted molar refractivity (Wildman–Crippen MR) is 41.9 cm³/mol. The lowest BCUT2D eigenvalue weighted by Crippen LogP contribution is -2.42. The molecule has 0 bridgehead atoms. The zero-order chi connectivity index (χ0) is 8.27. The fourth-order valence-corrected chi connectivity index (χ4v) is 1.78. The molecule has 0 saturated carbocycles. The highest BCUT2D eigenvalue weighted by Gasteiger charge is 2.30. The molecule has 0 amide bonds. The number of hydrogen-bond acceptors (Lipinski definition) is 5. The minimum absolute atomic E-state index is 0.427. The van der Waals surface area contributed by atoms with E-state index in [2.05, 4.69) is 5.32 Å². The molecule has 1 rings (SSSR count). The maximum absolute atomic E-state index is 10.3. The van der Waals surface area contributed by atoms with Gasteiger partial charge in [0.15, 0.2) is 6.23 Å². The van der Waals surface area contributed by atoms with Gasteiger partial charge in [-0.3, -0.25) is 15.4 Å². The molecule has 0 spiro atoms. The lowest BCUT2D eigenvalue weighted by molar-refractivity contribution is -0.535. The molecule has 0 radical (unpaired) electrons. The van der Waals surface area contributed by atoms with Crippen LogP contribution in [0.4, 0.5) is 0 Å². The highest BCUT2D eigenvalue weighted by molar-refractivity contribution is 7.99. The Hall–Kier alpha value is -0.330. The second-order valence-electron chi connectivity index (χ2n) is 2.34. The van der Waals surface area contributed by atoms with E-state index in [1.807, 2.05) is 0 Å².